The highest BCUT2D eigenvalue weighted by atomic mass is 35.5. The molecule has 2 unspecified atom stereocenters. The molecule has 4 nitrogen and oxygen atoms in total. The standard InChI is InChI=1S/C9H13ClO4/c1-4(10)8(12)6-3-7(5(2)11)14-9(6)13/h3-5,7-8,11-12H,1-2H3/t4?,5-,7-,8?/m0/s1. The zero-order valence-electron chi connectivity index (χ0n) is 7.98. The molecule has 4 atom stereocenters. The van der Waals surface area contributed by atoms with E-state index < -0.39 is 29.7 Å². The predicted octanol–water partition coefficient (Wildman–Crippen LogP) is 0.207. The number of esters is 1. The maximum atomic E-state index is 11.2. The number of hydrogen-bond donors (Lipinski definition) is 2. The molecule has 2 N–H and O–H groups in total. The Morgan fingerprint density at radius 3 is 2.43 bits per heavy atom. The summed E-state index contributed by atoms with van der Waals surface area (Å²) in [5.74, 6) is -0.615. The maximum absolute atomic E-state index is 11.2. The van der Waals surface area contributed by atoms with Gasteiger partial charge in [-0.05, 0) is 19.9 Å². The Balaban J connectivity index is 2.78. The SMILES string of the molecule is CC(Cl)C(O)C1=C[C@@H]([C@H](C)O)OC1=O. The van der Waals surface area contributed by atoms with Crippen molar-refractivity contribution in [2.24, 2.45) is 0 Å². The topological polar surface area (TPSA) is 66.8 Å². The molecule has 5 heteroatoms. The van der Waals surface area contributed by atoms with Crippen LogP contribution in [0.4, 0.5) is 0 Å². The number of alkyl halides is 1. The second-order valence-electron chi connectivity index (χ2n) is 3.35. The lowest BCUT2D eigenvalue weighted by Gasteiger charge is -2.11. The smallest absolute Gasteiger partial charge is 0.337 e. The molecule has 0 spiro atoms. The molecule has 1 aliphatic rings. The van der Waals surface area contributed by atoms with E-state index in [1.165, 1.54) is 13.0 Å². The average molecular weight is 221 g/mol. The number of aliphatic hydroxyl groups excluding tert-OH is 2. The molecule has 1 rings (SSSR count). The van der Waals surface area contributed by atoms with Gasteiger partial charge >= 0.3 is 5.97 Å². The summed E-state index contributed by atoms with van der Waals surface area (Å²) in [4.78, 5) is 11.2. The molecule has 1 aliphatic heterocycles. The fourth-order valence-corrected chi connectivity index (χ4v) is 1.31. The van der Waals surface area contributed by atoms with Crippen molar-refractivity contribution in [2.45, 2.75) is 37.5 Å². The van der Waals surface area contributed by atoms with E-state index in [4.69, 9.17) is 16.3 Å². The first-order valence-electron chi connectivity index (χ1n) is 4.36. The minimum absolute atomic E-state index is 0.124. The highest BCUT2D eigenvalue weighted by Gasteiger charge is 2.34. The lowest BCUT2D eigenvalue weighted by Crippen LogP contribution is -2.24. The second-order valence-corrected chi connectivity index (χ2v) is 4.04. The third kappa shape index (κ3) is 2.26. The van der Waals surface area contributed by atoms with Gasteiger partial charge in [-0.1, -0.05) is 0 Å². The zero-order valence-corrected chi connectivity index (χ0v) is 8.73. The van der Waals surface area contributed by atoms with E-state index in [1.807, 2.05) is 0 Å². The highest BCUT2D eigenvalue weighted by molar-refractivity contribution is 6.21. The van der Waals surface area contributed by atoms with Crippen molar-refractivity contribution in [1.82, 2.24) is 0 Å². The Hall–Kier alpha value is -0.580. The van der Waals surface area contributed by atoms with Crippen LogP contribution in [0.5, 0.6) is 0 Å². The average Bonchev–Trinajstić information content (AvgIpc) is 2.46. The minimum atomic E-state index is -1.05. The largest absolute Gasteiger partial charge is 0.452 e. The summed E-state index contributed by atoms with van der Waals surface area (Å²) in [5, 5.41) is 18.1. The fraction of sp³-hybridized carbons (Fsp3) is 0.667. The molecule has 0 saturated heterocycles. The normalized spacial score (nSPS) is 27.9. The molecule has 1 heterocycles. The summed E-state index contributed by atoms with van der Waals surface area (Å²) in [6.07, 6.45) is -1.10. The van der Waals surface area contributed by atoms with Gasteiger partial charge in [-0.3, -0.25) is 0 Å². The molecule has 0 saturated carbocycles. The highest BCUT2D eigenvalue weighted by Crippen LogP contribution is 2.22. The molecule has 0 aromatic heterocycles. The van der Waals surface area contributed by atoms with E-state index in [0.717, 1.165) is 0 Å². The molecular formula is C9H13ClO4. The zero-order chi connectivity index (χ0) is 10.9. The molecule has 0 amide bonds. The van der Waals surface area contributed by atoms with Crippen molar-refractivity contribution in [3.8, 4) is 0 Å². The van der Waals surface area contributed by atoms with Crippen molar-refractivity contribution >= 4 is 17.6 Å². The van der Waals surface area contributed by atoms with Gasteiger partial charge in [0, 0.05) is 0 Å². The molecule has 0 aromatic carbocycles. The van der Waals surface area contributed by atoms with Gasteiger partial charge in [0.25, 0.3) is 0 Å². The first-order valence-corrected chi connectivity index (χ1v) is 4.80. The van der Waals surface area contributed by atoms with Crippen molar-refractivity contribution < 1.29 is 19.7 Å². The Morgan fingerprint density at radius 1 is 1.50 bits per heavy atom. The van der Waals surface area contributed by atoms with Crippen LogP contribution in [0.1, 0.15) is 13.8 Å². The Bertz CT molecular complexity index is 260. The number of carbonyl (C=O) groups excluding carboxylic acids is 1. The Morgan fingerprint density at radius 2 is 2.07 bits per heavy atom. The molecular weight excluding hydrogens is 208 g/mol. The quantitative estimate of drug-likeness (QED) is 0.527. The fourth-order valence-electron chi connectivity index (χ4n) is 1.18. The Labute approximate surface area is 87.1 Å². The first kappa shape index (κ1) is 11.5. The van der Waals surface area contributed by atoms with Gasteiger partial charge in [0.1, 0.15) is 12.2 Å². The summed E-state index contributed by atoms with van der Waals surface area (Å²) in [6.45, 7) is 3.09. The summed E-state index contributed by atoms with van der Waals surface area (Å²) < 4.78 is 4.81. The summed E-state index contributed by atoms with van der Waals surface area (Å²) in [7, 11) is 0. The van der Waals surface area contributed by atoms with E-state index in [2.05, 4.69) is 0 Å². The number of cyclic esters (lactones) is 1. The number of ether oxygens (including phenoxy) is 1. The van der Waals surface area contributed by atoms with Gasteiger partial charge in [-0.2, -0.15) is 0 Å². The minimum Gasteiger partial charge on any atom is -0.452 e. The van der Waals surface area contributed by atoms with Gasteiger partial charge in [-0.15, -0.1) is 11.6 Å². The van der Waals surface area contributed by atoms with Crippen LogP contribution in [0.15, 0.2) is 11.6 Å². The lowest BCUT2D eigenvalue weighted by atomic mass is 10.1. The second kappa shape index (κ2) is 4.29. The summed E-state index contributed by atoms with van der Waals surface area (Å²) in [6, 6.07) is 0. The third-order valence-corrected chi connectivity index (χ3v) is 2.29. The number of carbonyl (C=O) groups is 1. The van der Waals surface area contributed by atoms with Gasteiger partial charge < -0.3 is 14.9 Å². The molecule has 0 fully saturated rings. The summed E-state index contributed by atoms with van der Waals surface area (Å²) in [5.41, 5.74) is 0.124. The van der Waals surface area contributed by atoms with E-state index in [9.17, 15) is 15.0 Å². The number of rotatable bonds is 3. The van der Waals surface area contributed by atoms with Crippen LogP contribution in [-0.4, -0.2) is 39.9 Å². The summed E-state index contributed by atoms with van der Waals surface area (Å²) >= 11 is 5.64. The monoisotopic (exact) mass is 220 g/mol. The predicted molar refractivity (Wildman–Crippen MR) is 51.0 cm³/mol. The van der Waals surface area contributed by atoms with Gasteiger partial charge in [0.05, 0.1) is 17.1 Å². The van der Waals surface area contributed by atoms with Crippen LogP contribution in [-0.2, 0) is 9.53 Å². The van der Waals surface area contributed by atoms with Crippen LogP contribution >= 0.6 is 11.6 Å². The molecule has 14 heavy (non-hydrogen) atoms. The molecule has 0 bridgehead atoms. The molecule has 0 aromatic rings. The van der Waals surface area contributed by atoms with Gasteiger partial charge in [-0.25, -0.2) is 4.79 Å². The molecule has 0 radical (unpaired) electrons. The van der Waals surface area contributed by atoms with Crippen LogP contribution < -0.4 is 0 Å². The maximum Gasteiger partial charge on any atom is 0.337 e. The first-order chi connectivity index (χ1) is 6.43. The van der Waals surface area contributed by atoms with Crippen molar-refractivity contribution in [1.29, 1.82) is 0 Å². The van der Waals surface area contributed by atoms with E-state index in [1.54, 1.807) is 6.92 Å². The van der Waals surface area contributed by atoms with E-state index in [0.29, 0.717) is 0 Å². The van der Waals surface area contributed by atoms with Gasteiger partial charge in [0.2, 0.25) is 0 Å². The van der Waals surface area contributed by atoms with Crippen molar-refractivity contribution in [3.05, 3.63) is 11.6 Å². The number of aliphatic hydroxyl groups is 2. The van der Waals surface area contributed by atoms with E-state index >= 15 is 0 Å². The van der Waals surface area contributed by atoms with Gasteiger partial charge in [0.15, 0.2) is 0 Å². The molecule has 0 aliphatic carbocycles. The number of halogens is 1. The van der Waals surface area contributed by atoms with Crippen LogP contribution in [0.2, 0.25) is 0 Å². The lowest BCUT2D eigenvalue weighted by molar-refractivity contribution is -0.144. The van der Waals surface area contributed by atoms with Crippen LogP contribution in [0.25, 0.3) is 0 Å². The Kier molecular flexibility index (Phi) is 3.53. The van der Waals surface area contributed by atoms with Crippen LogP contribution in [0.3, 0.4) is 0 Å². The van der Waals surface area contributed by atoms with Crippen molar-refractivity contribution in [2.75, 3.05) is 0 Å². The third-order valence-electron chi connectivity index (χ3n) is 2.05. The van der Waals surface area contributed by atoms with Crippen LogP contribution in [0, 0.1) is 0 Å². The molecule has 80 valence electrons. The van der Waals surface area contributed by atoms with Crippen molar-refractivity contribution in [3.63, 3.8) is 0 Å². The number of hydrogen-bond acceptors (Lipinski definition) is 4. The van der Waals surface area contributed by atoms with E-state index in [-0.39, 0.29) is 5.57 Å².